The summed E-state index contributed by atoms with van der Waals surface area (Å²) in [5.74, 6) is 0.699. The van der Waals surface area contributed by atoms with Gasteiger partial charge in [0.05, 0.1) is 11.0 Å². The number of aliphatic hydroxyl groups is 1. The number of rotatable bonds is 4. The summed E-state index contributed by atoms with van der Waals surface area (Å²) >= 11 is 1.55. The van der Waals surface area contributed by atoms with Crippen molar-refractivity contribution < 1.29 is 5.11 Å². The minimum atomic E-state index is -0.711. The zero-order chi connectivity index (χ0) is 17.4. The molecular weight excluding hydrogens is 328 g/mol. The molecule has 126 valence electrons. The van der Waals surface area contributed by atoms with Crippen LogP contribution in [0.25, 0.3) is 11.0 Å². The molecule has 0 fully saturated rings. The highest BCUT2D eigenvalue weighted by molar-refractivity contribution is 7.10. The number of para-hydroxylation sites is 2. The number of aromatic nitrogens is 2. The van der Waals surface area contributed by atoms with Crippen LogP contribution in [0.15, 0.2) is 60.0 Å². The molecule has 0 spiro atoms. The minimum absolute atomic E-state index is 0.699. The van der Waals surface area contributed by atoms with Crippen molar-refractivity contribution in [1.29, 1.82) is 0 Å². The topological polar surface area (TPSA) is 38.0 Å². The van der Waals surface area contributed by atoms with Crippen LogP contribution in [0.1, 0.15) is 33.5 Å². The number of hydrogen-bond acceptors (Lipinski definition) is 3. The fourth-order valence-corrected chi connectivity index (χ4v) is 3.89. The van der Waals surface area contributed by atoms with E-state index in [0.717, 1.165) is 15.9 Å². The Bertz CT molecular complexity index is 1020. The summed E-state index contributed by atoms with van der Waals surface area (Å²) in [6.07, 6.45) is -0.711. The van der Waals surface area contributed by atoms with E-state index in [4.69, 9.17) is 4.98 Å². The van der Waals surface area contributed by atoms with Crippen LogP contribution in [0.2, 0.25) is 0 Å². The normalized spacial score (nSPS) is 12.6. The van der Waals surface area contributed by atoms with Gasteiger partial charge in [-0.05, 0) is 48.6 Å². The minimum Gasteiger partial charge on any atom is -0.380 e. The highest BCUT2D eigenvalue weighted by Crippen LogP contribution is 2.29. The third-order valence-corrected chi connectivity index (χ3v) is 5.50. The van der Waals surface area contributed by atoms with Crippen LogP contribution >= 0.6 is 11.3 Å². The Kier molecular flexibility index (Phi) is 4.15. The molecule has 2 heterocycles. The SMILES string of the molecule is Cc1ccc(C)c(Cn2c(C(O)c3cccs3)nc3ccccc32)c1. The van der Waals surface area contributed by atoms with Crippen molar-refractivity contribution in [1.82, 2.24) is 9.55 Å². The van der Waals surface area contributed by atoms with E-state index in [0.29, 0.717) is 12.4 Å². The van der Waals surface area contributed by atoms with Gasteiger partial charge in [-0.2, -0.15) is 0 Å². The standard InChI is InChI=1S/C21H20N2OS/c1-14-9-10-15(2)16(12-14)13-23-18-7-4-3-6-17(18)22-21(23)20(24)19-8-5-11-25-19/h3-12,20,24H,13H2,1-2H3. The number of aryl methyl sites for hydroxylation is 2. The molecule has 1 unspecified atom stereocenters. The second-order valence-corrected chi connectivity index (χ2v) is 7.37. The van der Waals surface area contributed by atoms with E-state index in [2.05, 4.69) is 42.7 Å². The molecular formula is C21H20N2OS. The maximum Gasteiger partial charge on any atom is 0.146 e. The molecule has 3 nitrogen and oxygen atoms in total. The molecule has 0 aliphatic carbocycles. The van der Waals surface area contributed by atoms with Crippen molar-refractivity contribution in [3.8, 4) is 0 Å². The summed E-state index contributed by atoms with van der Waals surface area (Å²) in [6, 6.07) is 18.5. The Morgan fingerprint density at radius 3 is 2.72 bits per heavy atom. The van der Waals surface area contributed by atoms with Gasteiger partial charge < -0.3 is 9.67 Å². The van der Waals surface area contributed by atoms with E-state index in [1.165, 1.54) is 16.7 Å². The summed E-state index contributed by atoms with van der Waals surface area (Å²) in [5, 5.41) is 12.9. The van der Waals surface area contributed by atoms with E-state index >= 15 is 0 Å². The van der Waals surface area contributed by atoms with E-state index in [-0.39, 0.29) is 0 Å². The molecule has 2 aromatic heterocycles. The average molecular weight is 348 g/mol. The number of hydrogen-bond donors (Lipinski definition) is 1. The summed E-state index contributed by atoms with van der Waals surface area (Å²) in [4.78, 5) is 5.65. The third-order valence-electron chi connectivity index (χ3n) is 4.57. The monoisotopic (exact) mass is 348 g/mol. The fraction of sp³-hybridized carbons (Fsp3) is 0.190. The smallest absolute Gasteiger partial charge is 0.146 e. The fourth-order valence-electron chi connectivity index (χ4n) is 3.18. The van der Waals surface area contributed by atoms with Gasteiger partial charge in [0.1, 0.15) is 11.9 Å². The van der Waals surface area contributed by atoms with E-state index in [9.17, 15) is 5.11 Å². The van der Waals surface area contributed by atoms with Crippen LogP contribution in [-0.4, -0.2) is 14.7 Å². The molecule has 0 aliphatic rings. The quantitative estimate of drug-likeness (QED) is 0.573. The molecule has 0 aliphatic heterocycles. The van der Waals surface area contributed by atoms with Gasteiger partial charge in [0, 0.05) is 11.4 Å². The van der Waals surface area contributed by atoms with Gasteiger partial charge in [-0.1, -0.05) is 42.0 Å². The Morgan fingerprint density at radius 1 is 1.08 bits per heavy atom. The third kappa shape index (κ3) is 2.99. The second kappa shape index (κ2) is 6.47. The van der Waals surface area contributed by atoms with E-state index < -0.39 is 6.10 Å². The molecule has 0 saturated heterocycles. The average Bonchev–Trinajstić information content (AvgIpc) is 3.26. The summed E-state index contributed by atoms with van der Waals surface area (Å²) in [6.45, 7) is 4.94. The number of thiophene rings is 1. The Balaban J connectivity index is 1.86. The summed E-state index contributed by atoms with van der Waals surface area (Å²) in [7, 11) is 0. The summed E-state index contributed by atoms with van der Waals surface area (Å²) in [5.41, 5.74) is 5.71. The van der Waals surface area contributed by atoms with Crippen molar-refractivity contribution in [2.24, 2.45) is 0 Å². The Labute approximate surface area is 151 Å². The van der Waals surface area contributed by atoms with Crippen molar-refractivity contribution >= 4 is 22.4 Å². The molecule has 2 aromatic carbocycles. The lowest BCUT2D eigenvalue weighted by molar-refractivity contribution is 0.209. The summed E-state index contributed by atoms with van der Waals surface area (Å²) < 4.78 is 2.14. The van der Waals surface area contributed by atoms with Gasteiger partial charge in [-0.3, -0.25) is 0 Å². The highest BCUT2D eigenvalue weighted by Gasteiger charge is 2.21. The Morgan fingerprint density at radius 2 is 1.92 bits per heavy atom. The van der Waals surface area contributed by atoms with Gasteiger partial charge in [0.25, 0.3) is 0 Å². The largest absolute Gasteiger partial charge is 0.380 e. The Hall–Kier alpha value is -2.43. The molecule has 0 amide bonds. The zero-order valence-corrected chi connectivity index (χ0v) is 15.1. The van der Waals surface area contributed by atoms with E-state index in [1.54, 1.807) is 11.3 Å². The molecule has 1 N–H and O–H groups in total. The zero-order valence-electron chi connectivity index (χ0n) is 14.3. The van der Waals surface area contributed by atoms with Crippen LogP contribution in [0.5, 0.6) is 0 Å². The lowest BCUT2D eigenvalue weighted by atomic mass is 10.1. The maximum absolute atomic E-state index is 10.9. The van der Waals surface area contributed by atoms with Crippen LogP contribution in [0.3, 0.4) is 0 Å². The maximum atomic E-state index is 10.9. The van der Waals surface area contributed by atoms with Crippen LogP contribution in [0, 0.1) is 13.8 Å². The predicted molar refractivity (Wildman–Crippen MR) is 103 cm³/mol. The highest BCUT2D eigenvalue weighted by atomic mass is 32.1. The van der Waals surface area contributed by atoms with Crippen LogP contribution < -0.4 is 0 Å². The van der Waals surface area contributed by atoms with Gasteiger partial charge in [-0.15, -0.1) is 11.3 Å². The van der Waals surface area contributed by atoms with Crippen LogP contribution in [-0.2, 0) is 6.54 Å². The van der Waals surface area contributed by atoms with Gasteiger partial charge in [0.15, 0.2) is 0 Å². The molecule has 25 heavy (non-hydrogen) atoms. The first-order valence-electron chi connectivity index (χ1n) is 8.36. The van der Waals surface area contributed by atoms with Crippen molar-refractivity contribution in [2.75, 3.05) is 0 Å². The number of nitrogens with zero attached hydrogens (tertiary/aromatic N) is 2. The number of fused-ring (bicyclic) bond motifs is 1. The first kappa shape index (κ1) is 16.1. The first-order chi connectivity index (χ1) is 12.1. The lowest BCUT2D eigenvalue weighted by Crippen LogP contribution is -2.11. The molecule has 4 heteroatoms. The number of imidazole rings is 1. The van der Waals surface area contributed by atoms with Crippen LogP contribution in [0.4, 0.5) is 0 Å². The van der Waals surface area contributed by atoms with Crippen molar-refractivity contribution in [3.05, 3.63) is 87.4 Å². The van der Waals surface area contributed by atoms with Gasteiger partial charge in [-0.25, -0.2) is 4.98 Å². The number of benzene rings is 2. The second-order valence-electron chi connectivity index (χ2n) is 6.39. The molecule has 0 bridgehead atoms. The number of aliphatic hydroxyl groups excluding tert-OH is 1. The van der Waals surface area contributed by atoms with Gasteiger partial charge in [0.2, 0.25) is 0 Å². The van der Waals surface area contributed by atoms with E-state index in [1.807, 2.05) is 35.7 Å². The van der Waals surface area contributed by atoms with Gasteiger partial charge >= 0.3 is 0 Å². The van der Waals surface area contributed by atoms with Crippen molar-refractivity contribution in [2.45, 2.75) is 26.5 Å². The molecule has 4 aromatic rings. The molecule has 0 radical (unpaired) electrons. The predicted octanol–water partition coefficient (Wildman–Crippen LogP) is 4.84. The van der Waals surface area contributed by atoms with Crippen molar-refractivity contribution in [3.63, 3.8) is 0 Å². The molecule has 0 saturated carbocycles. The first-order valence-corrected chi connectivity index (χ1v) is 9.24. The molecule has 1 atom stereocenters. The molecule has 4 rings (SSSR count). The lowest BCUT2D eigenvalue weighted by Gasteiger charge is -2.15.